The molecule has 0 aliphatic heterocycles. The van der Waals surface area contributed by atoms with Crippen molar-refractivity contribution in [2.24, 2.45) is 0 Å². The summed E-state index contributed by atoms with van der Waals surface area (Å²) in [6, 6.07) is 0. The van der Waals surface area contributed by atoms with Crippen LogP contribution in [0.15, 0.2) is 0 Å². The average molecular weight is 296 g/mol. The number of aliphatic carboxylic acids is 2. The monoisotopic (exact) mass is 296 g/mol. The van der Waals surface area contributed by atoms with E-state index < -0.39 is 23.0 Å². The third-order valence-electron chi connectivity index (χ3n) is 2.95. The maximum Gasteiger partial charge on any atom is 2.00 e. The van der Waals surface area contributed by atoms with Crippen LogP contribution >= 0.6 is 0 Å². The third kappa shape index (κ3) is 4.63. The molecule has 2 fully saturated rings. The molecular formula is C10H12CaN2O6. The quantitative estimate of drug-likeness (QED) is 0.375. The molecule has 0 radical (unpaired) electrons. The van der Waals surface area contributed by atoms with Crippen LogP contribution in [0.2, 0.25) is 0 Å². The number of amides is 2. The molecule has 2 aliphatic carbocycles. The Balaban J connectivity index is 0.000000324. The van der Waals surface area contributed by atoms with Gasteiger partial charge in [-0.3, -0.25) is 9.59 Å². The first kappa shape index (κ1) is 18.1. The molecule has 0 atom stereocenters. The zero-order valence-corrected chi connectivity index (χ0v) is 12.3. The smallest absolute Gasteiger partial charge is 0.548 e. The molecule has 100 valence electrons. The summed E-state index contributed by atoms with van der Waals surface area (Å²) in [5.41, 5.74) is -2.02. The van der Waals surface area contributed by atoms with Crippen LogP contribution in [0.25, 0.3) is 0 Å². The first-order valence-electron chi connectivity index (χ1n) is 5.28. The Bertz CT molecular complexity index is 342. The number of carbonyl (C=O) groups is 4. The van der Waals surface area contributed by atoms with Gasteiger partial charge < -0.3 is 30.4 Å². The van der Waals surface area contributed by atoms with Crippen LogP contribution in [0.3, 0.4) is 0 Å². The maximum absolute atomic E-state index is 10.1. The number of carboxylic acids is 2. The molecule has 0 saturated heterocycles. The van der Waals surface area contributed by atoms with Crippen LogP contribution in [0.5, 0.6) is 0 Å². The summed E-state index contributed by atoms with van der Waals surface area (Å²) in [7, 11) is 0. The van der Waals surface area contributed by atoms with E-state index in [1.165, 1.54) is 0 Å². The Hall–Kier alpha value is -0.860. The van der Waals surface area contributed by atoms with Crippen molar-refractivity contribution in [3.63, 3.8) is 0 Å². The predicted molar refractivity (Wildman–Crippen MR) is 58.1 cm³/mol. The van der Waals surface area contributed by atoms with Crippen molar-refractivity contribution in [2.75, 3.05) is 0 Å². The summed E-state index contributed by atoms with van der Waals surface area (Å²) in [6.45, 7) is 0. The standard InChI is InChI=1S/2C5H7NO3.Ca/c2*7-3-6-5(1-2-5)4(8)9;/h2*3H,1-2H2,(H,6,7)(H,8,9);/q;;+2/p-2. The van der Waals surface area contributed by atoms with Crippen LogP contribution in [-0.4, -0.2) is 73.6 Å². The molecule has 0 aromatic heterocycles. The van der Waals surface area contributed by atoms with E-state index in [1.807, 2.05) is 0 Å². The Morgan fingerprint density at radius 1 is 0.842 bits per heavy atom. The fourth-order valence-electron chi connectivity index (χ4n) is 1.29. The molecule has 2 amide bonds. The predicted octanol–water partition coefficient (Wildman–Crippen LogP) is -4.35. The molecule has 0 heterocycles. The number of carboxylic acid groups (broad SMARTS) is 2. The molecular weight excluding hydrogens is 284 g/mol. The van der Waals surface area contributed by atoms with Crippen molar-refractivity contribution >= 4 is 62.5 Å². The SMILES string of the molecule is O=CNC1(C(=O)[O-])CC1.O=CNC1(C(=O)[O-])CC1.[Ca+2]. The van der Waals surface area contributed by atoms with Gasteiger partial charge >= 0.3 is 37.7 Å². The minimum Gasteiger partial charge on any atom is -0.548 e. The number of hydrogen-bond acceptors (Lipinski definition) is 6. The van der Waals surface area contributed by atoms with E-state index in [4.69, 9.17) is 0 Å². The van der Waals surface area contributed by atoms with Crippen molar-refractivity contribution in [3.8, 4) is 0 Å². The zero-order valence-electron chi connectivity index (χ0n) is 10.1. The Morgan fingerprint density at radius 3 is 1.16 bits per heavy atom. The molecule has 2 rings (SSSR count). The van der Waals surface area contributed by atoms with Gasteiger partial charge in [0.25, 0.3) is 0 Å². The number of carbonyl (C=O) groups excluding carboxylic acids is 4. The summed E-state index contributed by atoms with van der Waals surface area (Å²) in [5.74, 6) is -2.37. The second-order valence-corrected chi connectivity index (χ2v) is 4.26. The maximum atomic E-state index is 10.1. The summed E-state index contributed by atoms with van der Waals surface area (Å²) >= 11 is 0. The van der Waals surface area contributed by atoms with Gasteiger partial charge in [-0.2, -0.15) is 0 Å². The van der Waals surface area contributed by atoms with Crippen LogP contribution in [-0.2, 0) is 19.2 Å². The topological polar surface area (TPSA) is 138 Å². The van der Waals surface area contributed by atoms with E-state index >= 15 is 0 Å². The molecule has 0 aromatic rings. The molecule has 0 bridgehead atoms. The molecule has 0 aromatic carbocycles. The molecule has 8 nitrogen and oxygen atoms in total. The van der Waals surface area contributed by atoms with Crippen LogP contribution in [0.1, 0.15) is 25.7 Å². The first-order chi connectivity index (χ1) is 8.42. The van der Waals surface area contributed by atoms with E-state index in [0.717, 1.165) is 0 Å². The molecule has 19 heavy (non-hydrogen) atoms. The average Bonchev–Trinajstić information content (AvgIpc) is 3.14. The van der Waals surface area contributed by atoms with Gasteiger partial charge in [0.1, 0.15) is 0 Å². The summed E-state index contributed by atoms with van der Waals surface area (Å²) in [5, 5.41) is 24.7. The van der Waals surface area contributed by atoms with Gasteiger partial charge in [-0.15, -0.1) is 0 Å². The minimum atomic E-state index is -1.19. The van der Waals surface area contributed by atoms with E-state index in [-0.39, 0.29) is 37.7 Å². The number of nitrogens with one attached hydrogen (secondary N) is 2. The van der Waals surface area contributed by atoms with Gasteiger partial charge in [0.15, 0.2) is 0 Å². The molecule has 2 saturated carbocycles. The summed E-state index contributed by atoms with van der Waals surface area (Å²) < 4.78 is 0. The van der Waals surface area contributed by atoms with Gasteiger partial charge in [-0.1, -0.05) is 0 Å². The van der Waals surface area contributed by atoms with Crippen molar-refractivity contribution in [3.05, 3.63) is 0 Å². The second-order valence-electron chi connectivity index (χ2n) is 4.26. The van der Waals surface area contributed by atoms with Crippen LogP contribution < -0.4 is 20.8 Å². The van der Waals surface area contributed by atoms with Gasteiger partial charge in [-0.05, 0) is 25.7 Å². The fourth-order valence-corrected chi connectivity index (χ4v) is 1.29. The summed E-state index contributed by atoms with van der Waals surface area (Å²) in [4.78, 5) is 39.8. The van der Waals surface area contributed by atoms with Crippen LogP contribution in [0, 0.1) is 0 Å². The summed E-state index contributed by atoms with van der Waals surface area (Å²) in [6.07, 6.45) is 2.76. The van der Waals surface area contributed by atoms with Crippen molar-refractivity contribution < 1.29 is 29.4 Å². The Labute approximate surface area is 138 Å². The Morgan fingerprint density at radius 2 is 1.11 bits per heavy atom. The van der Waals surface area contributed by atoms with Gasteiger partial charge in [0, 0.05) is 0 Å². The number of rotatable bonds is 6. The molecule has 2 N–H and O–H groups in total. The molecule has 0 unspecified atom stereocenters. The third-order valence-corrected chi connectivity index (χ3v) is 2.95. The normalized spacial score (nSPS) is 19.4. The molecule has 9 heteroatoms. The van der Waals surface area contributed by atoms with Crippen LogP contribution in [0.4, 0.5) is 0 Å². The largest absolute Gasteiger partial charge is 2.00 e. The van der Waals surface area contributed by atoms with Gasteiger partial charge in [0.05, 0.1) is 23.0 Å². The van der Waals surface area contributed by atoms with E-state index in [0.29, 0.717) is 38.5 Å². The Kier molecular flexibility index (Phi) is 6.74. The van der Waals surface area contributed by atoms with E-state index in [1.54, 1.807) is 0 Å². The molecule has 0 spiro atoms. The minimum absolute atomic E-state index is 0. The fraction of sp³-hybridized carbons (Fsp3) is 0.600. The van der Waals surface area contributed by atoms with Crippen molar-refractivity contribution in [2.45, 2.75) is 36.8 Å². The van der Waals surface area contributed by atoms with Gasteiger partial charge in [0.2, 0.25) is 12.8 Å². The first-order valence-corrected chi connectivity index (χ1v) is 5.28. The zero-order chi connectivity index (χ0) is 13.8. The number of hydrogen-bond donors (Lipinski definition) is 2. The molecule has 2 aliphatic rings. The second kappa shape index (κ2) is 7.06. The van der Waals surface area contributed by atoms with E-state index in [9.17, 15) is 29.4 Å². The van der Waals surface area contributed by atoms with Gasteiger partial charge in [-0.25, -0.2) is 0 Å². The van der Waals surface area contributed by atoms with Crippen molar-refractivity contribution in [1.29, 1.82) is 0 Å². The van der Waals surface area contributed by atoms with E-state index in [2.05, 4.69) is 10.6 Å². The van der Waals surface area contributed by atoms with Crippen molar-refractivity contribution in [1.82, 2.24) is 10.6 Å².